The molecule has 0 bridgehead atoms. The molecule has 7 nitrogen and oxygen atoms in total. The third kappa shape index (κ3) is 3.61. The summed E-state index contributed by atoms with van der Waals surface area (Å²) in [4.78, 5) is 36.9. The van der Waals surface area contributed by atoms with E-state index in [0.717, 1.165) is 0 Å². The molecule has 0 atom stereocenters. The minimum Gasteiger partial charge on any atom is -0.480 e. The third-order valence-electron chi connectivity index (χ3n) is 2.64. The van der Waals surface area contributed by atoms with E-state index in [1.807, 2.05) is 0 Å². The van der Waals surface area contributed by atoms with Crippen molar-refractivity contribution in [2.75, 3.05) is 26.2 Å². The van der Waals surface area contributed by atoms with E-state index in [-0.39, 0.29) is 19.0 Å². The fourth-order valence-corrected chi connectivity index (χ4v) is 1.70. The average molecular weight is 257 g/mol. The Morgan fingerprint density at radius 1 is 1.44 bits per heavy atom. The second kappa shape index (κ2) is 5.24. The molecule has 1 saturated heterocycles. The van der Waals surface area contributed by atoms with E-state index in [1.54, 1.807) is 20.8 Å². The Balaban J connectivity index is 2.81. The van der Waals surface area contributed by atoms with E-state index in [9.17, 15) is 14.4 Å². The van der Waals surface area contributed by atoms with Crippen molar-refractivity contribution in [2.24, 2.45) is 0 Å². The van der Waals surface area contributed by atoms with Gasteiger partial charge in [0.2, 0.25) is 5.91 Å². The molecule has 0 spiro atoms. The van der Waals surface area contributed by atoms with Gasteiger partial charge >= 0.3 is 12.0 Å². The van der Waals surface area contributed by atoms with E-state index in [4.69, 9.17) is 5.11 Å². The minimum absolute atomic E-state index is 0.0228. The van der Waals surface area contributed by atoms with E-state index in [0.29, 0.717) is 13.1 Å². The fourth-order valence-electron chi connectivity index (χ4n) is 1.70. The number of urea groups is 1. The van der Waals surface area contributed by atoms with Gasteiger partial charge in [-0.1, -0.05) is 0 Å². The van der Waals surface area contributed by atoms with E-state index in [2.05, 4.69) is 5.32 Å². The fraction of sp³-hybridized carbons (Fsp3) is 0.727. The van der Waals surface area contributed by atoms with Crippen molar-refractivity contribution in [3.05, 3.63) is 0 Å². The van der Waals surface area contributed by atoms with E-state index < -0.39 is 17.5 Å². The van der Waals surface area contributed by atoms with Crippen LogP contribution in [-0.4, -0.2) is 64.5 Å². The molecule has 0 radical (unpaired) electrons. The van der Waals surface area contributed by atoms with Gasteiger partial charge in [0.05, 0.1) is 0 Å². The van der Waals surface area contributed by atoms with Gasteiger partial charge in [-0.25, -0.2) is 4.79 Å². The van der Waals surface area contributed by atoms with E-state index in [1.165, 1.54) is 9.80 Å². The third-order valence-corrected chi connectivity index (χ3v) is 2.64. The lowest BCUT2D eigenvalue weighted by atomic mass is 10.1. The van der Waals surface area contributed by atoms with Crippen molar-refractivity contribution in [3.8, 4) is 0 Å². The van der Waals surface area contributed by atoms with Crippen LogP contribution in [0.2, 0.25) is 0 Å². The SMILES string of the molecule is CC(C)(C)N(CC(=O)O)C(=O)N1CCNC(=O)C1. The van der Waals surface area contributed by atoms with Gasteiger partial charge in [0.25, 0.3) is 0 Å². The lowest BCUT2D eigenvalue weighted by Crippen LogP contribution is -2.58. The Labute approximate surface area is 106 Å². The van der Waals surface area contributed by atoms with Crippen LogP contribution in [-0.2, 0) is 9.59 Å². The quantitative estimate of drug-likeness (QED) is 0.712. The number of nitrogens with one attached hydrogen (secondary N) is 1. The number of carbonyl (C=O) groups excluding carboxylic acids is 2. The number of hydrogen-bond donors (Lipinski definition) is 2. The maximum absolute atomic E-state index is 12.2. The number of nitrogens with zero attached hydrogens (tertiary/aromatic N) is 2. The van der Waals surface area contributed by atoms with Crippen LogP contribution in [0.4, 0.5) is 4.79 Å². The highest BCUT2D eigenvalue weighted by Crippen LogP contribution is 2.16. The standard InChI is InChI=1S/C11H19N3O4/c1-11(2,3)14(7-9(16)17)10(18)13-5-4-12-8(15)6-13/h4-7H2,1-3H3,(H,12,15)(H,16,17). The number of hydrogen-bond acceptors (Lipinski definition) is 3. The summed E-state index contributed by atoms with van der Waals surface area (Å²) in [5.41, 5.74) is -0.608. The van der Waals surface area contributed by atoms with Gasteiger partial charge in [-0.2, -0.15) is 0 Å². The van der Waals surface area contributed by atoms with Crippen molar-refractivity contribution in [1.29, 1.82) is 0 Å². The number of carboxylic acid groups (broad SMARTS) is 1. The number of carbonyl (C=O) groups is 3. The Kier molecular flexibility index (Phi) is 4.15. The van der Waals surface area contributed by atoms with Gasteiger partial charge in [-0.05, 0) is 20.8 Å². The monoisotopic (exact) mass is 257 g/mol. The van der Waals surface area contributed by atoms with Crippen molar-refractivity contribution in [1.82, 2.24) is 15.1 Å². The van der Waals surface area contributed by atoms with Crippen LogP contribution in [0.5, 0.6) is 0 Å². The molecule has 1 fully saturated rings. The first-order chi connectivity index (χ1) is 8.21. The molecule has 18 heavy (non-hydrogen) atoms. The Bertz CT molecular complexity index is 362. The number of amides is 3. The number of carboxylic acids is 1. The molecule has 0 unspecified atom stereocenters. The molecule has 0 aromatic heterocycles. The first-order valence-electron chi connectivity index (χ1n) is 5.77. The topological polar surface area (TPSA) is 90.0 Å². The van der Waals surface area contributed by atoms with Gasteiger partial charge in [0, 0.05) is 18.6 Å². The maximum atomic E-state index is 12.2. The molecule has 0 aliphatic carbocycles. The minimum atomic E-state index is -1.07. The molecule has 0 aromatic rings. The summed E-state index contributed by atoms with van der Waals surface area (Å²) in [6, 6.07) is -0.417. The smallest absolute Gasteiger partial charge is 0.323 e. The van der Waals surface area contributed by atoms with Crippen molar-refractivity contribution < 1.29 is 19.5 Å². The Hall–Kier alpha value is -1.79. The van der Waals surface area contributed by atoms with Crippen molar-refractivity contribution in [2.45, 2.75) is 26.3 Å². The van der Waals surface area contributed by atoms with Crippen LogP contribution in [0, 0.1) is 0 Å². The molecule has 7 heteroatoms. The zero-order chi connectivity index (χ0) is 13.9. The summed E-state index contributed by atoms with van der Waals surface area (Å²) in [5.74, 6) is -1.29. The lowest BCUT2D eigenvalue weighted by Gasteiger charge is -2.39. The van der Waals surface area contributed by atoms with Crippen LogP contribution in [0.3, 0.4) is 0 Å². The zero-order valence-corrected chi connectivity index (χ0v) is 10.9. The van der Waals surface area contributed by atoms with Gasteiger partial charge in [0.15, 0.2) is 0 Å². The van der Waals surface area contributed by atoms with Crippen LogP contribution in [0.25, 0.3) is 0 Å². The van der Waals surface area contributed by atoms with Crippen molar-refractivity contribution >= 4 is 17.9 Å². The van der Waals surface area contributed by atoms with Crippen molar-refractivity contribution in [3.63, 3.8) is 0 Å². The molecular weight excluding hydrogens is 238 g/mol. The summed E-state index contributed by atoms with van der Waals surface area (Å²) >= 11 is 0. The highest BCUT2D eigenvalue weighted by atomic mass is 16.4. The highest BCUT2D eigenvalue weighted by Gasteiger charge is 2.33. The molecule has 1 heterocycles. The predicted octanol–water partition coefficient (Wildman–Crippen LogP) is -0.277. The highest BCUT2D eigenvalue weighted by molar-refractivity contribution is 5.87. The molecule has 3 amide bonds. The second-order valence-electron chi connectivity index (χ2n) is 5.20. The summed E-state index contributed by atoms with van der Waals surface area (Å²) in [7, 11) is 0. The van der Waals surface area contributed by atoms with Crippen LogP contribution in [0.15, 0.2) is 0 Å². The Morgan fingerprint density at radius 3 is 2.50 bits per heavy atom. The summed E-state index contributed by atoms with van der Waals surface area (Å²) < 4.78 is 0. The van der Waals surface area contributed by atoms with Gasteiger partial charge in [-0.15, -0.1) is 0 Å². The maximum Gasteiger partial charge on any atom is 0.323 e. The van der Waals surface area contributed by atoms with Gasteiger partial charge < -0.3 is 20.2 Å². The molecule has 0 aromatic carbocycles. The van der Waals surface area contributed by atoms with E-state index >= 15 is 0 Å². The molecule has 1 rings (SSSR count). The first kappa shape index (κ1) is 14.3. The Morgan fingerprint density at radius 2 is 2.06 bits per heavy atom. The summed E-state index contributed by atoms with van der Waals surface area (Å²) in [5, 5.41) is 11.5. The molecule has 0 saturated carbocycles. The van der Waals surface area contributed by atoms with Crippen LogP contribution >= 0.6 is 0 Å². The predicted molar refractivity (Wildman–Crippen MR) is 64.1 cm³/mol. The molecule has 102 valence electrons. The lowest BCUT2D eigenvalue weighted by molar-refractivity contribution is -0.138. The molecule has 2 N–H and O–H groups in total. The van der Waals surface area contributed by atoms with Gasteiger partial charge in [-0.3, -0.25) is 9.59 Å². The normalized spacial score (nSPS) is 16.2. The second-order valence-corrected chi connectivity index (χ2v) is 5.20. The molecule has 1 aliphatic rings. The number of rotatable bonds is 2. The molecular formula is C11H19N3O4. The number of piperazine rings is 1. The summed E-state index contributed by atoms with van der Waals surface area (Å²) in [6.45, 7) is 5.69. The first-order valence-corrected chi connectivity index (χ1v) is 5.77. The van der Waals surface area contributed by atoms with Crippen LogP contribution in [0.1, 0.15) is 20.8 Å². The number of aliphatic carboxylic acids is 1. The van der Waals surface area contributed by atoms with Crippen LogP contribution < -0.4 is 5.32 Å². The van der Waals surface area contributed by atoms with Gasteiger partial charge in [0.1, 0.15) is 13.1 Å². The average Bonchev–Trinajstić information content (AvgIpc) is 2.23. The zero-order valence-electron chi connectivity index (χ0n) is 10.9. The molecule has 1 aliphatic heterocycles. The summed E-state index contributed by atoms with van der Waals surface area (Å²) in [6.07, 6.45) is 0. The largest absolute Gasteiger partial charge is 0.480 e.